The van der Waals surface area contributed by atoms with Gasteiger partial charge in [-0.3, -0.25) is 9.59 Å². The van der Waals surface area contributed by atoms with Crippen molar-refractivity contribution >= 4 is 46.8 Å². The van der Waals surface area contributed by atoms with E-state index in [4.69, 9.17) is 23.2 Å². The summed E-state index contributed by atoms with van der Waals surface area (Å²) in [6.45, 7) is 8.06. The Morgan fingerprint density at radius 3 is 2.29 bits per heavy atom. The first-order valence-corrected chi connectivity index (χ1v) is 12.3. The van der Waals surface area contributed by atoms with E-state index in [0.29, 0.717) is 10.0 Å². The number of halogens is 2. The number of rotatable bonds is 10. The van der Waals surface area contributed by atoms with E-state index in [1.807, 2.05) is 26.8 Å². The molecule has 2 aromatic carbocycles. The van der Waals surface area contributed by atoms with E-state index in [1.165, 1.54) is 11.1 Å². The van der Waals surface area contributed by atoms with Crippen LogP contribution in [0, 0.1) is 6.92 Å². The summed E-state index contributed by atoms with van der Waals surface area (Å²) in [6.07, 6.45) is 0.825. The van der Waals surface area contributed by atoms with Crippen LogP contribution in [-0.2, 0) is 21.9 Å². The fraction of sp³-hybridized carbons (Fsp3) is 0.417. The zero-order valence-electron chi connectivity index (χ0n) is 18.5. The third kappa shape index (κ3) is 8.06. The highest BCUT2D eigenvalue weighted by molar-refractivity contribution is 7.99. The number of hydrogen-bond acceptors (Lipinski definition) is 3. The molecule has 0 aromatic heterocycles. The molecule has 1 N–H and O–H groups in total. The van der Waals surface area contributed by atoms with Crippen molar-refractivity contribution in [3.05, 3.63) is 69.2 Å². The minimum absolute atomic E-state index is 0.0489. The molecular formula is C24H30Cl2N2O2S. The van der Waals surface area contributed by atoms with Gasteiger partial charge in [-0.15, -0.1) is 11.8 Å². The van der Waals surface area contributed by atoms with Gasteiger partial charge in [-0.1, -0.05) is 66.0 Å². The van der Waals surface area contributed by atoms with Gasteiger partial charge < -0.3 is 10.2 Å². The molecule has 2 rings (SSSR count). The second kappa shape index (κ2) is 12.4. The first-order valence-electron chi connectivity index (χ1n) is 10.4. The average molecular weight is 481 g/mol. The Balaban J connectivity index is 2.10. The maximum absolute atomic E-state index is 13.1. The predicted octanol–water partition coefficient (Wildman–Crippen LogP) is 5.87. The van der Waals surface area contributed by atoms with E-state index in [0.717, 1.165) is 17.7 Å². The van der Waals surface area contributed by atoms with Crippen molar-refractivity contribution in [1.82, 2.24) is 10.2 Å². The molecule has 0 saturated heterocycles. The average Bonchev–Trinajstić information content (AvgIpc) is 2.75. The monoisotopic (exact) mass is 480 g/mol. The highest BCUT2D eigenvalue weighted by atomic mass is 35.5. The molecule has 4 nitrogen and oxygen atoms in total. The molecular weight excluding hydrogens is 451 g/mol. The van der Waals surface area contributed by atoms with E-state index < -0.39 is 6.04 Å². The van der Waals surface area contributed by atoms with Crippen molar-refractivity contribution in [3.8, 4) is 0 Å². The van der Waals surface area contributed by atoms with Gasteiger partial charge >= 0.3 is 0 Å². The molecule has 0 fully saturated rings. The van der Waals surface area contributed by atoms with Crippen molar-refractivity contribution in [2.45, 2.75) is 58.5 Å². The van der Waals surface area contributed by atoms with Gasteiger partial charge in [0.1, 0.15) is 6.04 Å². The molecule has 0 saturated carbocycles. The molecule has 2 atom stereocenters. The van der Waals surface area contributed by atoms with Crippen LogP contribution in [-0.4, -0.2) is 34.6 Å². The number of nitrogens with zero attached hydrogens (tertiary/aromatic N) is 1. The van der Waals surface area contributed by atoms with Gasteiger partial charge in [-0.2, -0.15) is 0 Å². The number of benzene rings is 2. The summed E-state index contributed by atoms with van der Waals surface area (Å²) in [7, 11) is 0. The lowest BCUT2D eigenvalue weighted by atomic mass is 10.1. The van der Waals surface area contributed by atoms with E-state index in [1.54, 1.807) is 35.7 Å². The Morgan fingerprint density at radius 1 is 1.03 bits per heavy atom. The zero-order valence-corrected chi connectivity index (χ0v) is 20.8. The lowest BCUT2D eigenvalue weighted by molar-refractivity contribution is -0.138. The Morgan fingerprint density at radius 2 is 1.68 bits per heavy atom. The minimum Gasteiger partial charge on any atom is -0.352 e. The number of carbonyl (C=O) groups is 2. The molecule has 2 aromatic rings. The van der Waals surface area contributed by atoms with Crippen molar-refractivity contribution in [2.24, 2.45) is 0 Å². The molecule has 0 radical (unpaired) electrons. The summed E-state index contributed by atoms with van der Waals surface area (Å²) < 4.78 is 0. The topological polar surface area (TPSA) is 49.4 Å². The van der Waals surface area contributed by atoms with Crippen LogP contribution >= 0.6 is 35.0 Å². The minimum atomic E-state index is -0.601. The van der Waals surface area contributed by atoms with E-state index in [9.17, 15) is 9.59 Å². The van der Waals surface area contributed by atoms with E-state index in [-0.39, 0.29) is 30.2 Å². The number of hydrogen-bond donors (Lipinski definition) is 1. The van der Waals surface area contributed by atoms with Crippen LogP contribution in [0.5, 0.6) is 0 Å². The molecule has 0 heterocycles. The Labute approximate surface area is 199 Å². The smallest absolute Gasteiger partial charge is 0.242 e. The number of thioether (sulfide) groups is 1. The molecule has 0 bridgehead atoms. The fourth-order valence-electron chi connectivity index (χ4n) is 2.91. The molecule has 0 aliphatic carbocycles. The van der Waals surface area contributed by atoms with Crippen LogP contribution in [0.1, 0.15) is 43.9 Å². The number of nitrogens with one attached hydrogen (secondary N) is 1. The standard InChI is InChI=1S/C24H30Cl2N2O2S/c1-5-17(3)27-24(30)18(4)28(13-20-10-11-21(25)22(26)12-20)23(29)15-31-14-19-8-6-16(2)7-9-19/h6-12,17-18H,5,13-15H2,1-4H3,(H,27,30). The van der Waals surface area contributed by atoms with Crippen LogP contribution < -0.4 is 5.32 Å². The molecule has 7 heteroatoms. The van der Waals surface area contributed by atoms with Gasteiger partial charge in [-0.25, -0.2) is 0 Å². The van der Waals surface area contributed by atoms with Crippen LogP contribution in [0.25, 0.3) is 0 Å². The van der Waals surface area contributed by atoms with Gasteiger partial charge in [0.15, 0.2) is 0 Å². The third-order valence-electron chi connectivity index (χ3n) is 5.12. The van der Waals surface area contributed by atoms with Crippen LogP contribution in [0.15, 0.2) is 42.5 Å². The van der Waals surface area contributed by atoms with E-state index >= 15 is 0 Å². The van der Waals surface area contributed by atoms with Gasteiger partial charge in [0, 0.05) is 18.3 Å². The Bertz CT molecular complexity index is 890. The summed E-state index contributed by atoms with van der Waals surface area (Å²) in [4.78, 5) is 27.5. The normalized spacial score (nSPS) is 12.8. The quantitative estimate of drug-likeness (QED) is 0.462. The van der Waals surface area contributed by atoms with Crippen LogP contribution in [0.4, 0.5) is 0 Å². The SMILES string of the molecule is CCC(C)NC(=O)C(C)N(Cc1ccc(Cl)c(Cl)c1)C(=O)CSCc1ccc(C)cc1. The second-order valence-electron chi connectivity index (χ2n) is 7.74. The fourth-order valence-corrected chi connectivity index (χ4v) is 4.10. The maximum atomic E-state index is 13.1. The number of aryl methyl sites for hydroxylation is 1. The van der Waals surface area contributed by atoms with E-state index in [2.05, 4.69) is 29.6 Å². The summed E-state index contributed by atoms with van der Waals surface area (Å²) in [5.74, 6) is 0.775. The van der Waals surface area contributed by atoms with Crippen molar-refractivity contribution in [3.63, 3.8) is 0 Å². The van der Waals surface area contributed by atoms with Gasteiger partial charge in [-0.05, 0) is 50.5 Å². The van der Waals surface area contributed by atoms with Crippen molar-refractivity contribution in [1.29, 1.82) is 0 Å². The van der Waals surface area contributed by atoms with Crippen molar-refractivity contribution in [2.75, 3.05) is 5.75 Å². The molecule has 31 heavy (non-hydrogen) atoms. The van der Waals surface area contributed by atoms with Gasteiger partial charge in [0.05, 0.1) is 15.8 Å². The molecule has 0 spiro atoms. The summed E-state index contributed by atoms with van der Waals surface area (Å²) in [5, 5.41) is 3.86. The third-order valence-corrected chi connectivity index (χ3v) is 6.85. The Hall–Kier alpha value is -1.69. The van der Waals surface area contributed by atoms with Gasteiger partial charge in [0.25, 0.3) is 0 Å². The Kier molecular flexibility index (Phi) is 10.2. The lowest BCUT2D eigenvalue weighted by Gasteiger charge is -2.29. The first kappa shape index (κ1) is 25.6. The maximum Gasteiger partial charge on any atom is 0.242 e. The zero-order chi connectivity index (χ0) is 23.0. The molecule has 2 unspecified atom stereocenters. The second-order valence-corrected chi connectivity index (χ2v) is 9.54. The number of amides is 2. The summed E-state index contributed by atoms with van der Waals surface area (Å²) in [5.41, 5.74) is 3.20. The summed E-state index contributed by atoms with van der Waals surface area (Å²) >= 11 is 13.7. The predicted molar refractivity (Wildman–Crippen MR) is 132 cm³/mol. The summed E-state index contributed by atoms with van der Waals surface area (Å²) in [6, 6.07) is 13.0. The molecule has 2 amide bonds. The number of carbonyl (C=O) groups excluding carboxylic acids is 2. The van der Waals surface area contributed by atoms with Crippen LogP contribution in [0.2, 0.25) is 10.0 Å². The molecule has 0 aliphatic rings. The first-order chi connectivity index (χ1) is 14.7. The van der Waals surface area contributed by atoms with Gasteiger partial charge in [0.2, 0.25) is 11.8 Å². The lowest BCUT2D eigenvalue weighted by Crippen LogP contribution is -2.50. The largest absolute Gasteiger partial charge is 0.352 e. The highest BCUT2D eigenvalue weighted by Crippen LogP contribution is 2.24. The molecule has 168 valence electrons. The van der Waals surface area contributed by atoms with Crippen LogP contribution in [0.3, 0.4) is 0 Å². The molecule has 0 aliphatic heterocycles. The highest BCUT2D eigenvalue weighted by Gasteiger charge is 2.26. The van der Waals surface area contributed by atoms with Crippen molar-refractivity contribution < 1.29 is 9.59 Å².